The molecule has 0 fully saturated rings. The van der Waals surface area contributed by atoms with Gasteiger partial charge in [0.25, 0.3) is 0 Å². The Balaban J connectivity index is 2.38. The van der Waals surface area contributed by atoms with Crippen LogP contribution in [-0.2, 0) is 0 Å². The second-order valence-corrected chi connectivity index (χ2v) is 2.85. The predicted octanol–water partition coefficient (Wildman–Crippen LogP) is 1.39. The second kappa shape index (κ2) is 3.71. The van der Waals surface area contributed by atoms with E-state index in [9.17, 15) is 0 Å². The van der Waals surface area contributed by atoms with Gasteiger partial charge in [0, 0.05) is 0 Å². The lowest BCUT2D eigenvalue weighted by atomic mass is 10.1. The highest BCUT2D eigenvalue weighted by Gasteiger charge is 2.10. The maximum absolute atomic E-state index is 9.02. The minimum absolute atomic E-state index is 0.341. The number of aromatic nitrogens is 3. The van der Waals surface area contributed by atoms with Crippen LogP contribution in [0.3, 0.4) is 0 Å². The van der Waals surface area contributed by atoms with Crippen molar-refractivity contribution in [3.05, 3.63) is 48.5 Å². The third-order valence-electron chi connectivity index (χ3n) is 1.97. The Labute approximate surface area is 81.4 Å². The van der Waals surface area contributed by atoms with Gasteiger partial charge in [-0.2, -0.15) is 5.26 Å². The molecule has 68 valence electrons. The third kappa shape index (κ3) is 1.48. The number of hydrogen-bond donors (Lipinski definition) is 0. The molecular weight excluding hydrogens is 176 g/mol. The Bertz CT molecular complexity index is 427. The second-order valence-electron chi connectivity index (χ2n) is 2.85. The smallest absolute Gasteiger partial charge is 0.148 e. The Morgan fingerprint density at radius 3 is 2.36 bits per heavy atom. The third-order valence-corrected chi connectivity index (χ3v) is 1.97. The molecular formula is C10H8N4. The van der Waals surface area contributed by atoms with Gasteiger partial charge in [0.05, 0.1) is 6.07 Å². The molecule has 1 aromatic heterocycles. The van der Waals surface area contributed by atoms with Gasteiger partial charge in [-0.25, -0.2) is 0 Å². The normalized spacial score (nSPS) is 11.9. The molecule has 1 unspecified atom stereocenters. The highest BCUT2D eigenvalue weighted by atomic mass is 15.2. The number of rotatable bonds is 2. The molecule has 2 rings (SSSR count). The van der Waals surface area contributed by atoms with Crippen molar-refractivity contribution in [2.75, 3.05) is 0 Å². The fraction of sp³-hybridized carbons (Fsp3) is 0.100. The van der Waals surface area contributed by atoms with Crippen LogP contribution in [0, 0.1) is 11.3 Å². The molecule has 0 radical (unpaired) electrons. The first-order valence-electron chi connectivity index (χ1n) is 4.20. The summed E-state index contributed by atoms with van der Waals surface area (Å²) in [5.74, 6) is 0. The van der Waals surface area contributed by atoms with Crippen molar-refractivity contribution in [1.82, 2.24) is 14.8 Å². The van der Waals surface area contributed by atoms with Gasteiger partial charge in [-0.3, -0.25) is 4.57 Å². The molecule has 1 heterocycles. The highest BCUT2D eigenvalue weighted by molar-refractivity contribution is 5.24. The van der Waals surface area contributed by atoms with E-state index < -0.39 is 0 Å². The lowest BCUT2D eigenvalue weighted by Crippen LogP contribution is -2.05. The molecule has 4 nitrogen and oxygen atoms in total. The zero-order valence-electron chi connectivity index (χ0n) is 7.41. The van der Waals surface area contributed by atoms with Crippen molar-refractivity contribution in [3.63, 3.8) is 0 Å². The maximum atomic E-state index is 9.02. The van der Waals surface area contributed by atoms with Crippen LogP contribution in [-0.4, -0.2) is 14.8 Å². The Hall–Kier alpha value is -2.15. The van der Waals surface area contributed by atoms with Crippen LogP contribution in [0.15, 0.2) is 43.0 Å². The van der Waals surface area contributed by atoms with Crippen molar-refractivity contribution in [2.24, 2.45) is 0 Å². The number of nitrogens with zero attached hydrogens (tertiary/aromatic N) is 4. The fourth-order valence-corrected chi connectivity index (χ4v) is 1.29. The van der Waals surface area contributed by atoms with Crippen molar-refractivity contribution < 1.29 is 0 Å². The van der Waals surface area contributed by atoms with Crippen LogP contribution in [0.2, 0.25) is 0 Å². The first kappa shape index (κ1) is 8.45. The van der Waals surface area contributed by atoms with E-state index in [2.05, 4.69) is 16.3 Å². The zero-order valence-corrected chi connectivity index (χ0v) is 7.41. The lowest BCUT2D eigenvalue weighted by Gasteiger charge is -2.08. The van der Waals surface area contributed by atoms with Crippen molar-refractivity contribution >= 4 is 0 Å². The topological polar surface area (TPSA) is 54.5 Å². The predicted molar refractivity (Wildman–Crippen MR) is 50.2 cm³/mol. The molecule has 0 bridgehead atoms. The monoisotopic (exact) mass is 184 g/mol. The first-order valence-corrected chi connectivity index (χ1v) is 4.20. The summed E-state index contributed by atoms with van der Waals surface area (Å²) in [7, 11) is 0. The summed E-state index contributed by atoms with van der Waals surface area (Å²) in [5.41, 5.74) is 0.940. The minimum Gasteiger partial charge on any atom is -0.299 e. The molecule has 0 saturated carbocycles. The van der Waals surface area contributed by atoms with E-state index in [4.69, 9.17) is 5.26 Å². The number of benzene rings is 1. The lowest BCUT2D eigenvalue weighted by molar-refractivity contribution is 0.708. The van der Waals surface area contributed by atoms with Crippen LogP contribution >= 0.6 is 0 Å². The van der Waals surface area contributed by atoms with E-state index in [1.807, 2.05) is 30.3 Å². The summed E-state index contributed by atoms with van der Waals surface area (Å²) >= 11 is 0. The molecule has 4 heteroatoms. The summed E-state index contributed by atoms with van der Waals surface area (Å²) in [6.07, 6.45) is 3.09. The summed E-state index contributed by atoms with van der Waals surface area (Å²) in [6, 6.07) is 11.4. The molecule has 0 saturated heterocycles. The molecule has 0 amide bonds. The maximum Gasteiger partial charge on any atom is 0.148 e. The van der Waals surface area contributed by atoms with Gasteiger partial charge in [-0.1, -0.05) is 30.3 Å². The molecule has 0 N–H and O–H groups in total. The molecule has 0 aliphatic heterocycles. The Kier molecular flexibility index (Phi) is 2.24. The van der Waals surface area contributed by atoms with E-state index in [0.29, 0.717) is 0 Å². The largest absolute Gasteiger partial charge is 0.299 e. The van der Waals surface area contributed by atoms with Gasteiger partial charge in [-0.15, -0.1) is 10.2 Å². The highest BCUT2D eigenvalue weighted by Crippen LogP contribution is 2.15. The van der Waals surface area contributed by atoms with Crippen molar-refractivity contribution in [3.8, 4) is 6.07 Å². The fourth-order valence-electron chi connectivity index (χ4n) is 1.29. The quantitative estimate of drug-likeness (QED) is 0.708. The van der Waals surface area contributed by atoms with Crippen LogP contribution in [0.25, 0.3) is 0 Å². The summed E-state index contributed by atoms with van der Waals surface area (Å²) in [6.45, 7) is 0. The van der Waals surface area contributed by atoms with Crippen molar-refractivity contribution in [2.45, 2.75) is 6.04 Å². The van der Waals surface area contributed by atoms with Gasteiger partial charge < -0.3 is 0 Å². The number of hydrogen-bond acceptors (Lipinski definition) is 3. The summed E-state index contributed by atoms with van der Waals surface area (Å²) in [4.78, 5) is 0. The first-order chi connectivity index (χ1) is 6.92. The van der Waals surface area contributed by atoms with Crippen LogP contribution in [0.5, 0.6) is 0 Å². The van der Waals surface area contributed by atoms with Crippen LogP contribution in [0.1, 0.15) is 11.6 Å². The van der Waals surface area contributed by atoms with Gasteiger partial charge in [0.2, 0.25) is 0 Å². The standard InChI is InChI=1S/C10H8N4/c11-6-10(14-7-12-13-8-14)9-4-2-1-3-5-9/h1-5,7-8,10H. The SMILES string of the molecule is N#CC(c1ccccc1)n1cnnc1. The minimum atomic E-state index is -0.341. The van der Waals surface area contributed by atoms with Gasteiger partial charge >= 0.3 is 0 Å². The summed E-state index contributed by atoms with van der Waals surface area (Å²) in [5, 5.41) is 16.4. The average molecular weight is 184 g/mol. The Morgan fingerprint density at radius 1 is 1.14 bits per heavy atom. The van der Waals surface area contributed by atoms with E-state index >= 15 is 0 Å². The number of nitriles is 1. The molecule has 0 aliphatic carbocycles. The molecule has 1 aromatic carbocycles. The zero-order chi connectivity index (χ0) is 9.80. The van der Waals surface area contributed by atoms with Gasteiger partial charge in [0.15, 0.2) is 0 Å². The van der Waals surface area contributed by atoms with E-state index in [1.165, 1.54) is 0 Å². The van der Waals surface area contributed by atoms with E-state index in [-0.39, 0.29) is 6.04 Å². The van der Waals surface area contributed by atoms with Gasteiger partial charge in [0.1, 0.15) is 18.7 Å². The van der Waals surface area contributed by atoms with E-state index in [1.54, 1.807) is 17.2 Å². The van der Waals surface area contributed by atoms with Crippen molar-refractivity contribution in [1.29, 1.82) is 5.26 Å². The van der Waals surface area contributed by atoms with Crippen LogP contribution < -0.4 is 0 Å². The molecule has 0 spiro atoms. The molecule has 0 aliphatic rings. The van der Waals surface area contributed by atoms with E-state index in [0.717, 1.165) is 5.56 Å². The average Bonchev–Trinajstić information content (AvgIpc) is 2.74. The molecule has 1 atom stereocenters. The molecule has 2 aromatic rings. The van der Waals surface area contributed by atoms with Crippen LogP contribution in [0.4, 0.5) is 0 Å². The van der Waals surface area contributed by atoms with Gasteiger partial charge in [-0.05, 0) is 5.56 Å². The Morgan fingerprint density at radius 2 is 1.79 bits per heavy atom. The summed E-state index contributed by atoms with van der Waals surface area (Å²) < 4.78 is 1.68. The molecule has 14 heavy (non-hydrogen) atoms.